The van der Waals surface area contributed by atoms with E-state index >= 15 is 0 Å². The summed E-state index contributed by atoms with van der Waals surface area (Å²) >= 11 is 1.54. The zero-order valence-electron chi connectivity index (χ0n) is 12.6. The van der Waals surface area contributed by atoms with Gasteiger partial charge >= 0.3 is 0 Å². The molecule has 1 heterocycles. The molecule has 0 radical (unpaired) electrons. The van der Waals surface area contributed by atoms with Gasteiger partial charge in [-0.1, -0.05) is 18.2 Å². The minimum Gasteiger partial charge on any atom is -0.381 e. The Kier molecular flexibility index (Phi) is 6.46. The van der Waals surface area contributed by atoms with Crippen molar-refractivity contribution in [3.63, 3.8) is 0 Å². The van der Waals surface area contributed by atoms with Gasteiger partial charge in [-0.3, -0.25) is 4.79 Å². The lowest BCUT2D eigenvalue weighted by Crippen LogP contribution is -2.45. The fourth-order valence-electron chi connectivity index (χ4n) is 2.69. The highest BCUT2D eigenvalue weighted by atomic mass is 32.2. The highest BCUT2D eigenvalue weighted by Crippen LogP contribution is 2.34. The van der Waals surface area contributed by atoms with Crippen molar-refractivity contribution in [1.29, 1.82) is 0 Å². The van der Waals surface area contributed by atoms with Crippen molar-refractivity contribution in [3.05, 3.63) is 48.3 Å². The van der Waals surface area contributed by atoms with Crippen LogP contribution in [0.25, 0.3) is 0 Å². The smallest absolute Gasteiger partial charge is 0.230 e. The molecule has 1 saturated heterocycles. The van der Waals surface area contributed by atoms with Gasteiger partial charge in [0.05, 0.1) is 5.75 Å². The van der Waals surface area contributed by atoms with E-state index in [4.69, 9.17) is 4.74 Å². The number of carbonyl (C=O) groups excluding carboxylic acids is 1. The predicted molar refractivity (Wildman–Crippen MR) is 88.7 cm³/mol. The Bertz CT molecular complexity index is 498. The third kappa shape index (κ3) is 4.58. The van der Waals surface area contributed by atoms with Crippen LogP contribution in [0.1, 0.15) is 18.4 Å². The summed E-state index contributed by atoms with van der Waals surface area (Å²) in [6, 6.07) is 6.60. The summed E-state index contributed by atoms with van der Waals surface area (Å²) in [5.74, 6) is 0.988. The van der Waals surface area contributed by atoms with E-state index in [-0.39, 0.29) is 17.1 Å². The molecule has 5 heteroatoms. The van der Waals surface area contributed by atoms with Crippen molar-refractivity contribution in [3.8, 4) is 0 Å². The first-order valence-electron chi connectivity index (χ1n) is 7.45. The fourth-order valence-corrected chi connectivity index (χ4v) is 3.26. The van der Waals surface area contributed by atoms with Crippen LogP contribution in [0.4, 0.5) is 4.39 Å². The van der Waals surface area contributed by atoms with Crippen molar-refractivity contribution in [2.45, 2.75) is 18.3 Å². The summed E-state index contributed by atoms with van der Waals surface area (Å²) in [5.41, 5.74) is 0.904. The molecule has 1 N–H and O–H groups in total. The second-order valence-corrected chi connectivity index (χ2v) is 6.51. The number of thioether (sulfide) groups is 1. The Morgan fingerprint density at radius 3 is 2.68 bits per heavy atom. The van der Waals surface area contributed by atoms with E-state index in [2.05, 4.69) is 11.9 Å². The van der Waals surface area contributed by atoms with Crippen LogP contribution < -0.4 is 5.32 Å². The van der Waals surface area contributed by atoms with Gasteiger partial charge < -0.3 is 10.1 Å². The molecule has 0 bridgehead atoms. The van der Waals surface area contributed by atoms with Gasteiger partial charge in [0.25, 0.3) is 0 Å². The third-order valence-electron chi connectivity index (χ3n) is 4.00. The van der Waals surface area contributed by atoms with Gasteiger partial charge in [-0.05, 0) is 30.5 Å². The van der Waals surface area contributed by atoms with Crippen LogP contribution >= 0.6 is 11.8 Å². The fraction of sp³-hybridized carbons (Fsp3) is 0.471. The van der Waals surface area contributed by atoms with E-state index in [9.17, 15) is 9.18 Å². The van der Waals surface area contributed by atoms with E-state index in [1.807, 2.05) is 12.1 Å². The van der Waals surface area contributed by atoms with Crippen molar-refractivity contribution in [2.24, 2.45) is 0 Å². The molecule has 1 aromatic rings. The number of carbonyl (C=O) groups is 1. The molecule has 0 aliphatic carbocycles. The minimum atomic E-state index is -0.240. The summed E-state index contributed by atoms with van der Waals surface area (Å²) < 4.78 is 18.6. The molecular formula is C17H22FNO2S. The first kappa shape index (κ1) is 17.0. The van der Waals surface area contributed by atoms with Crippen LogP contribution in [0.2, 0.25) is 0 Å². The van der Waals surface area contributed by atoms with E-state index in [0.29, 0.717) is 25.5 Å². The normalized spacial score (nSPS) is 17.0. The Morgan fingerprint density at radius 2 is 2.05 bits per heavy atom. The molecule has 1 aliphatic heterocycles. The lowest BCUT2D eigenvalue weighted by atomic mass is 9.74. The second-order valence-electron chi connectivity index (χ2n) is 5.48. The standard InChI is InChI=1S/C17H22FNO2S/c1-2-11-22-12-16(20)19-13-17(7-9-21-10-8-17)14-3-5-15(18)6-4-14/h2-6H,1,7-13H2,(H,19,20). The van der Waals surface area contributed by atoms with Crippen molar-refractivity contribution in [2.75, 3.05) is 31.3 Å². The molecule has 0 spiro atoms. The monoisotopic (exact) mass is 323 g/mol. The maximum Gasteiger partial charge on any atom is 0.230 e. The molecule has 0 saturated carbocycles. The number of benzene rings is 1. The van der Waals surface area contributed by atoms with Crippen LogP contribution in [0.15, 0.2) is 36.9 Å². The first-order chi connectivity index (χ1) is 10.7. The van der Waals surface area contributed by atoms with E-state index in [1.165, 1.54) is 12.1 Å². The molecule has 0 atom stereocenters. The molecule has 1 amide bonds. The highest BCUT2D eigenvalue weighted by molar-refractivity contribution is 8.00. The van der Waals surface area contributed by atoms with Crippen LogP contribution in [-0.2, 0) is 14.9 Å². The number of ether oxygens (including phenoxy) is 1. The Morgan fingerprint density at radius 1 is 1.36 bits per heavy atom. The summed E-state index contributed by atoms with van der Waals surface area (Å²) in [5, 5.41) is 3.02. The zero-order valence-corrected chi connectivity index (χ0v) is 13.5. The average Bonchev–Trinajstić information content (AvgIpc) is 2.55. The van der Waals surface area contributed by atoms with E-state index in [1.54, 1.807) is 17.8 Å². The lowest BCUT2D eigenvalue weighted by Gasteiger charge is -2.38. The van der Waals surface area contributed by atoms with Crippen molar-refractivity contribution >= 4 is 17.7 Å². The largest absolute Gasteiger partial charge is 0.381 e. The first-order valence-corrected chi connectivity index (χ1v) is 8.61. The zero-order chi connectivity index (χ0) is 15.8. The Balaban J connectivity index is 2.01. The molecule has 0 aromatic heterocycles. The molecule has 1 aromatic carbocycles. The third-order valence-corrected chi connectivity index (χ3v) is 4.94. The molecule has 22 heavy (non-hydrogen) atoms. The highest BCUT2D eigenvalue weighted by Gasteiger charge is 2.34. The minimum absolute atomic E-state index is 0.0276. The van der Waals surface area contributed by atoms with Crippen LogP contribution in [-0.4, -0.2) is 37.2 Å². The van der Waals surface area contributed by atoms with Gasteiger partial charge in [0.1, 0.15) is 5.82 Å². The van der Waals surface area contributed by atoms with Gasteiger partial charge in [-0.2, -0.15) is 0 Å². The average molecular weight is 323 g/mol. The maximum atomic E-state index is 13.2. The van der Waals surface area contributed by atoms with Crippen molar-refractivity contribution < 1.29 is 13.9 Å². The summed E-state index contributed by atoms with van der Waals surface area (Å²) in [6.45, 7) is 5.53. The summed E-state index contributed by atoms with van der Waals surface area (Å²) in [7, 11) is 0. The number of halogens is 1. The molecule has 1 fully saturated rings. The molecule has 1 aliphatic rings. The maximum absolute atomic E-state index is 13.2. The number of amides is 1. The van der Waals surface area contributed by atoms with Crippen molar-refractivity contribution in [1.82, 2.24) is 5.32 Å². The molecule has 0 unspecified atom stereocenters. The SMILES string of the molecule is C=CCSCC(=O)NCC1(c2ccc(F)cc2)CCOCC1. The van der Waals surface area contributed by atoms with Gasteiger partial charge in [0.15, 0.2) is 0 Å². The van der Waals surface area contributed by atoms with Gasteiger partial charge in [-0.15, -0.1) is 18.3 Å². The van der Waals surface area contributed by atoms with Gasteiger partial charge in [-0.25, -0.2) is 4.39 Å². The predicted octanol–water partition coefficient (Wildman–Crippen LogP) is 2.91. The molecule has 2 rings (SSSR count). The number of hydrogen-bond acceptors (Lipinski definition) is 3. The lowest BCUT2D eigenvalue weighted by molar-refractivity contribution is -0.119. The molecule has 120 valence electrons. The number of nitrogens with one attached hydrogen (secondary N) is 1. The van der Waals surface area contributed by atoms with Crippen LogP contribution in [0, 0.1) is 5.82 Å². The van der Waals surface area contributed by atoms with Crippen LogP contribution in [0.3, 0.4) is 0 Å². The Labute approximate surface area is 135 Å². The Hall–Kier alpha value is -1.33. The van der Waals surface area contributed by atoms with E-state index < -0.39 is 0 Å². The van der Waals surface area contributed by atoms with Gasteiger partial charge in [0.2, 0.25) is 5.91 Å². The summed E-state index contributed by atoms with van der Waals surface area (Å²) in [6.07, 6.45) is 3.45. The quantitative estimate of drug-likeness (QED) is 0.619. The number of rotatable bonds is 7. The van der Waals surface area contributed by atoms with E-state index in [0.717, 1.165) is 24.2 Å². The van der Waals surface area contributed by atoms with Gasteiger partial charge in [0, 0.05) is 30.9 Å². The molecule has 3 nitrogen and oxygen atoms in total. The summed E-state index contributed by atoms with van der Waals surface area (Å²) in [4.78, 5) is 11.9. The molecular weight excluding hydrogens is 301 g/mol. The van der Waals surface area contributed by atoms with Crippen LogP contribution in [0.5, 0.6) is 0 Å². The second kappa shape index (κ2) is 8.34. The number of hydrogen-bond donors (Lipinski definition) is 1. The topological polar surface area (TPSA) is 38.3 Å².